The number of phenolic OH excluding ortho intramolecular Hbond substituents is 1. The molecule has 1 N–H and O–H groups in total. The van der Waals surface area contributed by atoms with Gasteiger partial charge in [-0.1, -0.05) is 32.9 Å². The summed E-state index contributed by atoms with van der Waals surface area (Å²) >= 11 is 0. The second-order valence-electron chi connectivity index (χ2n) is 4.98. The first-order valence-corrected chi connectivity index (χ1v) is 6.70. The van der Waals surface area contributed by atoms with E-state index in [1.807, 2.05) is 6.07 Å². The molecule has 2 aromatic rings. The van der Waals surface area contributed by atoms with E-state index in [1.165, 1.54) is 11.1 Å². The Bertz CT molecular complexity index is 542. The Morgan fingerprint density at radius 1 is 1.05 bits per heavy atom. The van der Waals surface area contributed by atoms with Gasteiger partial charge in [-0.25, -0.2) is 0 Å². The Morgan fingerprint density at radius 3 is 2.32 bits per heavy atom. The Hall–Kier alpha value is -1.96. The third-order valence-corrected chi connectivity index (χ3v) is 3.17. The predicted molar refractivity (Wildman–Crippen MR) is 78.1 cm³/mol. The highest BCUT2D eigenvalue weighted by Gasteiger charge is 2.09. The number of ether oxygens (including phenoxy) is 1. The summed E-state index contributed by atoms with van der Waals surface area (Å²) in [5, 5.41) is 9.28. The lowest BCUT2D eigenvalue weighted by atomic mass is 9.98. The zero-order valence-electron chi connectivity index (χ0n) is 11.7. The van der Waals surface area contributed by atoms with Gasteiger partial charge in [0.15, 0.2) is 0 Å². The largest absolute Gasteiger partial charge is 0.508 e. The summed E-state index contributed by atoms with van der Waals surface area (Å²) in [7, 11) is 0. The molecule has 100 valence electrons. The summed E-state index contributed by atoms with van der Waals surface area (Å²) in [6, 6.07) is 13.1. The Morgan fingerprint density at radius 2 is 1.74 bits per heavy atom. The molecule has 0 spiro atoms. The molecule has 2 rings (SSSR count). The molecule has 0 amide bonds. The molecule has 0 aliphatic heterocycles. The van der Waals surface area contributed by atoms with Crippen LogP contribution in [0, 0.1) is 0 Å². The molecule has 2 aromatic carbocycles. The fraction of sp³-hybridized carbons (Fsp3) is 0.294. The molecule has 2 nitrogen and oxygen atoms in total. The third-order valence-electron chi connectivity index (χ3n) is 3.17. The lowest BCUT2D eigenvalue weighted by molar-refractivity contribution is 0.460. The fourth-order valence-electron chi connectivity index (χ4n) is 2.00. The normalized spacial score (nSPS) is 10.7. The van der Waals surface area contributed by atoms with Gasteiger partial charge in [-0.2, -0.15) is 0 Å². The highest BCUT2D eigenvalue weighted by molar-refractivity contribution is 5.43. The van der Waals surface area contributed by atoms with Crippen LogP contribution in [0.3, 0.4) is 0 Å². The van der Waals surface area contributed by atoms with Crippen molar-refractivity contribution in [3.63, 3.8) is 0 Å². The maximum atomic E-state index is 9.28. The van der Waals surface area contributed by atoms with Crippen LogP contribution in [-0.4, -0.2) is 5.11 Å². The lowest BCUT2D eigenvalue weighted by Crippen LogP contribution is -1.95. The summed E-state index contributed by atoms with van der Waals surface area (Å²) in [4.78, 5) is 0. The van der Waals surface area contributed by atoms with Crippen molar-refractivity contribution in [2.45, 2.75) is 33.1 Å². The highest BCUT2D eigenvalue weighted by atomic mass is 16.5. The van der Waals surface area contributed by atoms with E-state index in [-0.39, 0.29) is 5.75 Å². The van der Waals surface area contributed by atoms with Gasteiger partial charge in [0, 0.05) is 0 Å². The molecule has 0 radical (unpaired) electrons. The summed E-state index contributed by atoms with van der Waals surface area (Å²) in [5.41, 5.74) is 2.54. The van der Waals surface area contributed by atoms with Crippen molar-refractivity contribution < 1.29 is 9.84 Å². The van der Waals surface area contributed by atoms with Gasteiger partial charge < -0.3 is 9.84 Å². The lowest BCUT2D eigenvalue weighted by Gasteiger charge is -2.15. The standard InChI is InChI=1S/C17H20O2/c1-4-13-5-10-17(16(11-13)12(2)3)19-15-8-6-14(18)7-9-15/h5-12,18H,4H2,1-3H3. The quantitative estimate of drug-likeness (QED) is 0.845. The second-order valence-corrected chi connectivity index (χ2v) is 4.98. The van der Waals surface area contributed by atoms with E-state index in [9.17, 15) is 5.11 Å². The van der Waals surface area contributed by atoms with Crippen molar-refractivity contribution in [3.8, 4) is 17.2 Å². The van der Waals surface area contributed by atoms with Crippen LogP contribution in [0.1, 0.15) is 37.8 Å². The molecule has 2 heteroatoms. The third kappa shape index (κ3) is 3.28. The van der Waals surface area contributed by atoms with Crippen molar-refractivity contribution in [1.29, 1.82) is 0 Å². The molecular formula is C17H20O2. The van der Waals surface area contributed by atoms with E-state index in [0.29, 0.717) is 5.92 Å². The molecule has 0 aliphatic rings. The van der Waals surface area contributed by atoms with Crippen molar-refractivity contribution in [2.24, 2.45) is 0 Å². The Kier molecular flexibility index (Phi) is 4.10. The van der Waals surface area contributed by atoms with E-state index < -0.39 is 0 Å². The number of aryl methyl sites for hydroxylation is 1. The Labute approximate surface area is 114 Å². The van der Waals surface area contributed by atoms with Crippen LogP contribution in [0.15, 0.2) is 42.5 Å². The molecule has 0 aliphatic carbocycles. The molecule has 0 heterocycles. The van der Waals surface area contributed by atoms with E-state index in [4.69, 9.17) is 4.74 Å². The van der Waals surface area contributed by atoms with Crippen LogP contribution in [0.25, 0.3) is 0 Å². The van der Waals surface area contributed by atoms with Gasteiger partial charge >= 0.3 is 0 Å². The van der Waals surface area contributed by atoms with Crippen LogP contribution in [0.5, 0.6) is 17.2 Å². The van der Waals surface area contributed by atoms with Crippen LogP contribution < -0.4 is 4.74 Å². The number of rotatable bonds is 4. The summed E-state index contributed by atoms with van der Waals surface area (Å²) in [6.07, 6.45) is 1.03. The van der Waals surface area contributed by atoms with Gasteiger partial charge in [-0.15, -0.1) is 0 Å². The second kappa shape index (κ2) is 5.79. The van der Waals surface area contributed by atoms with Gasteiger partial charge in [-0.3, -0.25) is 0 Å². The first kappa shape index (κ1) is 13.5. The SMILES string of the molecule is CCc1ccc(Oc2ccc(O)cc2)c(C(C)C)c1. The van der Waals surface area contributed by atoms with Crippen molar-refractivity contribution >= 4 is 0 Å². The number of aromatic hydroxyl groups is 1. The van der Waals surface area contributed by atoms with Gasteiger partial charge in [0.25, 0.3) is 0 Å². The van der Waals surface area contributed by atoms with Crippen molar-refractivity contribution in [3.05, 3.63) is 53.6 Å². The van der Waals surface area contributed by atoms with Gasteiger partial charge in [-0.05, 0) is 53.8 Å². The zero-order chi connectivity index (χ0) is 13.8. The number of hydrogen-bond donors (Lipinski definition) is 1. The van der Waals surface area contributed by atoms with Gasteiger partial charge in [0.1, 0.15) is 17.2 Å². The summed E-state index contributed by atoms with van der Waals surface area (Å²) in [5.74, 6) is 2.29. The maximum absolute atomic E-state index is 9.28. The summed E-state index contributed by atoms with van der Waals surface area (Å²) < 4.78 is 5.91. The molecule has 0 saturated heterocycles. The Balaban J connectivity index is 2.31. The van der Waals surface area contributed by atoms with Gasteiger partial charge in [0.05, 0.1) is 0 Å². The minimum atomic E-state index is 0.248. The van der Waals surface area contributed by atoms with Crippen molar-refractivity contribution in [1.82, 2.24) is 0 Å². The summed E-state index contributed by atoms with van der Waals surface area (Å²) in [6.45, 7) is 6.48. The molecule has 0 atom stereocenters. The van der Waals surface area contributed by atoms with E-state index >= 15 is 0 Å². The molecule has 0 bridgehead atoms. The minimum absolute atomic E-state index is 0.248. The predicted octanol–water partition coefficient (Wildman–Crippen LogP) is 4.87. The van der Waals surface area contributed by atoms with Crippen LogP contribution in [-0.2, 0) is 6.42 Å². The zero-order valence-corrected chi connectivity index (χ0v) is 11.7. The smallest absolute Gasteiger partial charge is 0.130 e. The molecule has 0 saturated carbocycles. The van der Waals surface area contributed by atoms with Crippen molar-refractivity contribution in [2.75, 3.05) is 0 Å². The molecular weight excluding hydrogens is 236 g/mol. The number of hydrogen-bond acceptors (Lipinski definition) is 2. The average Bonchev–Trinajstić information content (AvgIpc) is 2.41. The first-order chi connectivity index (χ1) is 9.10. The molecule has 19 heavy (non-hydrogen) atoms. The van der Waals surface area contributed by atoms with Gasteiger partial charge in [0.2, 0.25) is 0 Å². The van der Waals surface area contributed by atoms with Crippen LogP contribution in [0.4, 0.5) is 0 Å². The highest BCUT2D eigenvalue weighted by Crippen LogP contribution is 2.32. The van der Waals surface area contributed by atoms with E-state index in [0.717, 1.165) is 17.9 Å². The topological polar surface area (TPSA) is 29.5 Å². The van der Waals surface area contributed by atoms with E-state index in [2.05, 4.69) is 32.9 Å². The van der Waals surface area contributed by atoms with Crippen LogP contribution in [0.2, 0.25) is 0 Å². The molecule has 0 aromatic heterocycles. The average molecular weight is 256 g/mol. The van der Waals surface area contributed by atoms with Crippen LogP contribution >= 0.6 is 0 Å². The van der Waals surface area contributed by atoms with E-state index in [1.54, 1.807) is 24.3 Å². The number of benzene rings is 2. The maximum Gasteiger partial charge on any atom is 0.130 e. The fourth-order valence-corrected chi connectivity index (χ4v) is 2.00. The minimum Gasteiger partial charge on any atom is -0.508 e. The monoisotopic (exact) mass is 256 g/mol. The first-order valence-electron chi connectivity index (χ1n) is 6.70. The molecule has 0 unspecified atom stereocenters. The number of phenols is 1. The molecule has 0 fully saturated rings.